The first-order valence-corrected chi connectivity index (χ1v) is 7.67. The second-order valence-electron chi connectivity index (χ2n) is 4.46. The Bertz CT molecular complexity index is 603. The van der Waals surface area contributed by atoms with E-state index in [-0.39, 0.29) is 11.3 Å². The van der Waals surface area contributed by atoms with Crippen LogP contribution in [-0.4, -0.2) is 16.7 Å². The fourth-order valence-electron chi connectivity index (χ4n) is 2.07. The van der Waals surface area contributed by atoms with Crippen LogP contribution >= 0.6 is 23.4 Å². The van der Waals surface area contributed by atoms with Gasteiger partial charge in [-0.3, -0.25) is 10.2 Å². The molecule has 2 aromatic rings. The summed E-state index contributed by atoms with van der Waals surface area (Å²) < 4.78 is 0. The van der Waals surface area contributed by atoms with Gasteiger partial charge in [0.1, 0.15) is 5.37 Å². The molecule has 5 heteroatoms. The predicted octanol–water partition coefficient (Wildman–Crippen LogP) is 3.94. The second-order valence-corrected chi connectivity index (χ2v) is 5.96. The van der Waals surface area contributed by atoms with Crippen LogP contribution in [0.25, 0.3) is 0 Å². The summed E-state index contributed by atoms with van der Waals surface area (Å²) in [6.45, 7) is 0. The van der Waals surface area contributed by atoms with Crippen LogP contribution in [0.4, 0.5) is 5.69 Å². The summed E-state index contributed by atoms with van der Waals surface area (Å²) in [5, 5.41) is 2.36. The first-order valence-electron chi connectivity index (χ1n) is 6.25. The van der Waals surface area contributed by atoms with Crippen molar-refractivity contribution in [1.82, 2.24) is 5.01 Å². The number of para-hydroxylation sites is 1. The van der Waals surface area contributed by atoms with Crippen LogP contribution in [0, 0.1) is 0 Å². The van der Waals surface area contributed by atoms with Gasteiger partial charge in [-0.05, 0) is 29.8 Å². The minimum atomic E-state index is -0.0278. The van der Waals surface area contributed by atoms with Gasteiger partial charge in [0.25, 0.3) is 5.91 Å². The average molecular weight is 305 g/mol. The van der Waals surface area contributed by atoms with Gasteiger partial charge >= 0.3 is 0 Å². The number of benzene rings is 2. The zero-order valence-electron chi connectivity index (χ0n) is 10.6. The molecule has 1 amide bonds. The number of rotatable bonds is 3. The molecular weight excluding hydrogens is 292 g/mol. The molecule has 20 heavy (non-hydrogen) atoms. The maximum atomic E-state index is 12.0. The molecule has 0 aliphatic carbocycles. The molecule has 0 spiro atoms. The van der Waals surface area contributed by atoms with E-state index in [2.05, 4.69) is 5.43 Å². The summed E-state index contributed by atoms with van der Waals surface area (Å²) in [4.78, 5) is 12.0. The highest BCUT2D eigenvalue weighted by Crippen LogP contribution is 2.38. The lowest BCUT2D eigenvalue weighted by molar-refractivity contribution is -0.126. The number of halogens is 1. The fourth-order valence-corrected chi connectivity index (χ4v) is 3.30. The molecule has 0 bridgehead atoms. The Morgan fingerprint density at radius 1 is 1.10 bits per heavy atom. The molecule has 1 fully saturated rings. The third-order valence-electron chi connectivity index (χ3n) is 3.05. The number of thioether (sulfide) groups is 1. The minimum Gasteiger partial charge on any atom is -0.295 e. The number of amides is 1. The Kier molecular flexibility index (Phi) is 3.85. The van der Waals surface area contributed by atoms with Crippen LogP contribution in [0.5, 0.6) is 0 Å². The lowest BCUT2D eigenvalue weighted by Gasteiger charge is -2.25. The quantitative estimate of drug-likeness (QED) is 0.932. The van der Waals surface area contributed by atoms with E-state index >= 15 is 0 Å². The first-order chi connectivity index (χ1) is 9.74. The molecule has 2 aromatic carbocycles. The van der Waals surface area contributed by atoms with Crippen molar-refractivity contribution in [3.8, 4) is 0 Å². The van der Waals surface area contributed by atoms with E-state index in [0.29, 0.717) is 10.8 Å². The van der Waals surface area contributed by atoms with Crippen LogP contribution in [0.2, 0.25) is 5.02 Å². The Hall–Kier alpha value is -1.65. The molecule has 1 atom stereocenters. The zero-order valence-corrected chi connectivity index (χ0v) is 12.2. The molecule has 1 aliphatic heterocycles. The molecule has 3 nitrogen and oxygen atoms in total. The highest BCUT2D eigenvalue weighted by atomic mass is 35.5. The molecule has 0 radical (unpaired) electrons. The smallest absolute Gasteiger partial charge is 0.252 e. The molecular formula is C15H13ClN2OS. The van der Waals surface area contributed by atoms with Gasteiger partial charge in [0.2, 0.25) is 0 Å². The SMILES string of the molecule is O=C1CSC(c2ccc(Cl)cc2)N1Nc1ccccc1. The molecule has 102 valence electrons. The van der Waals surface area contributed by atoms with Gasteiger partial charge < -0.3 is 0 Å². The number of hydrazine groups is 1. The van der Waals surface area contributed by atoms with Crippen molar-refractivity contribution in [3.05, 3.63) is 65.2 Å². The van der Waals surface area contributed by atoms with Gasteiger partial charge in [-0.15, -0.1) is 11.8 Å². The van der Waals surface area contributed by atoms with E-state index in [4.69, 9.17) is 11.6 Å². The second kappa shape index (κ2) is 5.77. The largest absolute Gasteiger partial charge is 0.295 e. The normalized spacial score (nSPS) is 18.4. The van der Waals surface area contributed by atoms with Crippen LogP contribution < -0.4 is 5.43 Å². The average Bonchev–Trinajstić information content (AvgIpc) is 2.83. The Labute approximate surface area is 126 Å². The third kappa shape index (κ3) is 2.76. The molecule has 0 saturated carbocycles. The van der Waals surface area contributed by atoms with Gasteiger partial charge in [-0.2, -0.15) is 0 Å². The van der Waals surface area contributed by atoms with Crippen molar-refractivity contribution in [3.63, 3.8) is 0 Å². The maximum absolute atomic E-state index is 12.0. The third-order valence-corrected chi connectivity index (χ3v) is 4.51. The van der Waals surface area contributed by atoms with Crippen molar-refractivity contribution in [2.45, 2.75) is 5.37 Å². The van der Waals surface area contributed by atoms with Crippen LogP contribution in [0.1, 0.15) is 10.9 Å². The number of nitrogens with zero attached hydrogens (tertiary/aromatic N) is 1. The molecule has 0 aromatic heterocycles. The zero-order chi connectivity index (χ0) is 13.9. The standard InChI is InChI=1S/C15H13ClN2OS/c16-12-8-6-11(7-9-12)15-18(14(19)10-20-15)17-13-4-2-1-3-5-13/h1-9,15,17H,10H2. The highest BCUT2D eigenvalue weighted by Gasteiger charge is 2.33. The molecule has 1 unspecified atom stereocenters. The lowest BCUT2D eigenvalue weighted by atomic mass is 10.2. The number of hydrogen-bond donors (Lipinski definition) is 1. The van der Waals surface area contributed by atoms with Crippen molar-refractivity contribution >= 4 is 35.0 Å². The van der Waals surface area contributed by atoms with Crippen molar-refractivity contribution < 1.29 is 4.79 Å². The van der Waals surface area contributed by atoms with Crippen molar-refractivity contribution in [1.29, 1.82) is 0 Å². The number of hydrogen-bond acceptors (Lipinski definition) is 3. The van der Waals surface area contributed by atoms with E-state index in [1.165, 1.54) is 0 Å². The number of anilines is 1. The number of nitrogens with one attached hydrogen (secondary N) is 1. The molecule has 1 N–H and O–H groups in total. The van der Waals surface area contributed by atoms with Gasteiger partial charge in [-0.25, -0.2) is 5.01 Å². The van der Waals surface area contributed by atoms with E-state index in [9.17, 15) is 4.79 Å². The molecule has 1 aliphatic rings. The molecule has 1 saturated heterocycles. The van der Waals surface area contributed by atoms with Gasteiger partial charge in [0.05, 0.1) is 11.4 Å². The summed E-state index contributed by atoms with van der Waals surface area (Å²) in [5.41, 5.74) is 5.15. The van der Waals surface area contributed by atoms with E-state index in [1.807, 2.05) is 54.6 Å². The minimum absolute atomic E-state index is 0.0278. The van der Waals surface area contributed by atoms with Gasteiger partial charge in [0, 0.05) is 5.02 Å². The Morgan fingerprint density at radius 2 is 1.80 bits per heavy atom. The van der Waals surface area contributed by atoms with Crippen molar-refractivity contribution in [2.75, 3.05) is 11.2 Å². The van der Waals surface area contributed by atoms with Crippen LogP contribution in [0.15, 0.2) is 54.6 Å². The van der Waals surface area contributed by atoms with E-state index < -0.39 is 0 Å². The molecule has 1 heterocycles. The van der Waals surface area contributed by atoms with Crippen LogP contribution in [-0.2, 0) is 4.79 Å². The molecule has 3 rings (SSSR count). The summed E-state index contributed by atoms with van der Waals surface area (Å²) in [7, 11) is 0. The fraction of sp³-hybridized carbons (Fsp3) is 0.133. The summed E-state index contributed by atoms with van der Waals surface area (Å²) in [6, 6.07) is 17.3. The summed E-state index contributed by atoms with van der Waals surface area (Å²) in [6.07, 6.45) is 0. The Morgan fingerprint density at radius 3 is 2.50 bits per heavy atom. The first kappa shape index (κ1) is 13.3. The summed E-state index contributed by atoms with van der Waals surface area (Å²) >= 11 is 7.52. The van der Waals surface area contributed by atoms with E-state index in [0.717, 1.165) is 11.3 Å². The van der Waals surface area contributed by atoms with Gasteiger partial charge in [-0.1, -0.05) is 41.9 Å². The monoisotopic (exact) mass is 304 g/mol. The Balaban J connectivity index is 1.83. The van der Waals surface area contributed by atoms with Gasteiger partial charge in [0.15, 0.2) is 0 Å². The van der Waals surface area contributed by atoms with Crippen LogP contribution in [0.3, 0.4) is 0 Å². The van der Waals surface area contributed by atoms with E-state index in [1.54, 1.807) is 16.8 Å². The number of carbonyl (C=O) groups is 1. The highest BCUT2D eigenvalue weighted by molar-refractivity contribution is 8.00. The summed E-state index contributed by atoms with van der Waals surface area (Å²) in [5.74, 6) is 0.562. The maximum Gasteiger partial charge on any atom is 0.252 e. The predicted molar refractivity (Wildman–Crippen MR) is 83.6 cm³/mol. The van der Waals surface area contributed by atoms with Crippen molar-refractivity contribution in [2.24, 2.45) is 0 Å². The number of carbonyl (C=O) groups excluding carboxylic acids is 1. The lowest BCUT2D eigenvalue weighted by Crippen LogP contribution is -2.33. The topological polar surface area (TPSA) is 32.3 Å².